The van der Waals surface area contributed by atoms with Crippen molar-refractivity contribution in [1.29, 1.82) is 0 Å². The molecule has 2 aliphatic heterocycles. The monoisotopic (exact) mass is 470 g/mol. The summed E-state index contributed by atoms with van der Waals surface area (Å²) >= 11 is 7.78. The normalized spacial score (nSPS) is 19.9. The Labute approximate surface area is 183 Å². The Balaban J connectivity index is 1.59. The molecule has 30 heavy (non-hydrogen) atoms. The standard InChI is InChI=1S/C20H20ClFN2O4S2/c21-16-3-1-13(11-19(16)30(26,27)24-6-8-28-9-7-24)20(25)23-17-5-10-29-18-4-2-14(22)12-15(17)18/h1-4,11-12,17H,5-10H2,(H,23,25)/t17-/m1/s1. The highest BCUT2D eigenvalue weighted by molar-refractivity contribution is 7.99. The van der Waals surface area contributed by atoms with Crippen LogP contribution in [0.4, 0.5) is 4.39 Å². The third-order valence-electron chi connectivity index (χ3n) is 5.10. The summed E-state index contributed by atoms with van der Waals surface area (Å²) in [4.78, 5) is 13.7. The number of rotatable bonds is 4. The molecule has 0 aromatic heterocycles. The van der Waals surface area contributed by atoms with E-state index in [1.54, 1.807) is 17.8 Å². The number of amides is 1. The molecule has 1 saturated heterocycles. The van der Waals surface area contributed by atoms with Crippen LogP contribution in [0.2, 0.25) is 5.02 Å². The SMILES string of the molecule is O=C(N[C@@H]1CCSc2ccc(F)cc21)c1ccc(Cl)c(S(=O)(=O)N2CCOCC2)c1. The van der Waals surface area contributed by atoms with Crippen LogP contribution in [-0.4, -0.2) is 50.7 Å². The number of hydrogen-bond acceptors (Lipinski definition) is 5. The van der Waals surface area contributed by atoms with Crippen LogP contribution in [0.25, 0.3) is 0 Å². The largest absolute Gasteiger partial charge is 0.379 e. The van der Waals surface area contributed by atoms with Gasteiger partial charge in [0.05, 0.1) is 24.3 Å². The predicted molar refractivity (Wildman–Crippen MR) is 113 cm³/mol. The van der Waals surface area contributed by atoms with Gasteiger partial charge in [0.1, 0.15) is 10.7 Å². The van der Waals surface area contributed by atoms with E-state index < -0.39 is 15.9 Å². The van der Waals surface area contributed by atoms with Crippen molar-refractivity contribution in [3.8, 4) is 0 Å². The lowest BCUT2D eigenvalue weighted by molar-refractivity contribution is 0.0730. The van der Waals surface area contributed by atoms with Gasteiger partial charge in [-0.1, -0.05) is 11.6 Å². The van der Waals surface area contributed by atoms with Crippen molar-refractivity contribution >= 4 is 39.3 Å². The molecule has 6 nitrogen and oxygen atoms in total. The van der Waals surface area contributed by atoms with Gasteiger partial charge in [-0.05, 0) is 48.4 Å². The number of sulfonamides is 1. The summed E-state index contributed by atoms with van der Waals surface area (Å²) in [6.45, 7) is 1.09. The Bertz CT molecular complexity index is 1070. The van der Waals surface area contributed by atoms with Gasteiger partial charge >= 0.3 is 0 Å². The molecule has 1 atom stereocenters. The molecule has 1 amide bonds. The van der Waals surface area contributed by atoms with Crippen molar-refractivity contribution in [3.05, 3.63) is 58.4 Å². The van der Waals surface area contributed by atoms with Gasteiger partial charge in [-0.3, -0.25) is 4.79 Å². The molecular formula is C20H20ClFN2O4S2. The second-order valence-electron chi connectivity index (χ2n) is 7.01. The Kier molecular flexibility index (Phi) is 6.36. The third kappa shape index (κ3) is 4.36. The third-order valence-corrected chi connectivity index (χ3v) is 8.60. The van der Waals surface area contributed by atoms with E-state index in [1.807, 2.05) is 0 Å². The maximum atomic E-state index is 13.7. The molecule has 0 bridgehead atoms. The van der Waals surface area contributed by atoms with Crippen LogP contribution < -0.4 is 5.32 Å². The number of nitrogens with one attached hydrogen (secondary N) is 1. The molecule has 4 rings (SSSR count). The molecule has 0 unspecified atom stereocenters. The topological polar surface area (TPSA) is 75.7 Å². The lowest BCUT2D eigenvalue weighted by atomic mass is 10.0. The summed E-state index contributed by atoms with van der Waals surface area (Å²) in [7, 11) is -3.85. The van der Waals surface area contributed by atoms with Crippen LogP contribution in [-0.2, 0) is 14.8 Å². The van der Waals surface area contributed by atoms with E-state index in [0.717, 1.165) is 16.2 Å². The van der Waals surface area contributed by atoms with Crippen molar-refractivity contribution in [1.82, 2.24) is 9.62 Å². The molecule has 0 aliphatic carbocycles. The number of halogens is 2. The fourth-order valence-electron chi connectivity index (χ4n) is 3.53. The number of ether oxygens (including phenoxy) is 1. The lowest BCUT2D eigenvalue weighted by Gasteiger charge is -2.27. The van der Waals surface area contributed by atoms with Crippen LogP contribution in [0.5, 0.6) is 0 Å². The second-order valence-corrected chi connectivity index (χ2v) is 10.5. The number of hydrogen-bond donors (Lipinski definition) is 1. The Morgan fingerprint density at radius 3 is 2.73 bits per heavy atom. The van der Waals surface area contributed by atoms with Crippen molar-refractivity contribution in [2.45, 2.75) is 22.3 Å². The number of fused-ring (bicyclic) bond motifs is 1. The fourth-order valence-corrected chi connectivity index (χ4v) is 6.54. The highest BCUT2D eigenvalue weighted by Crippen LogP contribution is 2.36. The number of nitrogens with zero attached hydrogens (tertiary/aromatic N) is 1. The van der Waals surface area contributed by atoms with Gasteiger partial charge < -0.3 is 10.1 Å². The van der Waals surface area contributed by atoms with E-state index in [9.17, 15) is 17.6 Å². The first kappa shape index (κ1) is 21.6. The van der Waals surface area contributed by atoms with Gasteiger partial charge in [-0.15, -0.1) is 11.8 Å². The molecule has 160 valence electrons. The molecule has 1 N–H and O–H groups in total. The molecule has 2 heterocycles. The summed E-state index contributed by atoms with van der Waals surface area (Å²) in [5.74, 6) is -0.000920. The summed E-state index contributed by atoms with van der Waals surface area (Å²) in [6.07, 6.45) is 0.652. The fraction of sp³-hybridized carbons (Fsp3) is 0.350. The summed E-state index contributed by atoms with van der Waals surface area (Å²) in [5, 5.41) is 2.96. The average Bonchev–Trinajstić information content (AvgIpc) is 2.75. The summed E-state index contributed by atoms with van der Waals surface area (Å²) in [5.41, 5.74) is 0.914. The maximum absolute atomic E-state index is 13.7. The van der Waals surface area contributed by atoms with Gasteiger partial charge in [-0.2, -0.15) is 4.31 Å². The molecular weight excluding hydrogens is 451 g/mol. The smallest absolute Gasteiger partial charge is 0.251 e. The van der Waals surface area contributed by atoms with E-state index in [0.29, 0.717) is 19.6 Å². The van der Waals surface area contributed by atoms with Crippen LogP contribution >= 0.6 is 23.4 Å². The molecule has 2 aliphatic rings. The van der Waals surface area contributed by atoms with E-state index in [4.69, 9.17) is 16.3 Å². The quantitative estimate of drug-likeness (QED) is 0.740. The van der Waals surface area contributed by atoms with Crippen molar-refractivity contribution in [2.75, 3.05) is 32.1 Å². The van der Waals surface area contributed by atoms with Crippen LogP contribution in [0.3, 0.4) is 0 Å². The van der Waals surface area contributed by atoms with Gasteiger partial charge in [0.2, 0.25) is 10.0 Å². The van der Waals surface area contributed by atoms with Gasteiger partial charge in [-0.25, -0.2) is 12.8 Å². The van der Waals surface area contributed by atoms with E-state index in [2.05, 4.69) is 5.32 Å². The zero-order chi connectivity index (χ0) is 21.3. The highest BCUT2D eigenvalue weighted by atomic mass is 35.5. The molecule has 0 saturated carbocycles. The number of carbonyl (C=O) groups excluding carboxylic acids is 1. The molecule has 1 fully saturated rings. The summed E-state index contributed by atoms with van der Waals surface area (Å²) < 4.78 is 46.2. The van der Waals surface area contributed by atoms with Gasteiger partial charge in [0, 0.05) is 29.3 Å². The minimum absolute atomic E-state index is 0.0551. The Hall–Kier alpha value is -1.65. The van der Waals surface area contributed by atoms with Crippen LogP contribution in [0.15, 0.2) is 46.2 Å². The lowest BCUT2D eigenvalue weighted by Crippen LogP contribution is -2.40. The Morgan fingerprint density at radius 2 is 1.97 bits per heavy atom. The number of benzene rings is 2. The van der Waals surface area contributed by atoms with E-state index in [1.165, 1.54) is 34.6 Å². The van der Waals surface area contributed by atoms with Crippen LogP contribution in [0.1, 0.15) is 28.4 Å². The molecule has 0 spiro atoms. The average molecular weight is 471 g/mol. The zero-order valence-corrected chi connectivity index (χ0v) is 18.3. The second kappa shape index (κ2) is 8.84. The number of carbonyl (C=O) groups is 1. The summed E-state index contributed by atoms with van der Waals surface area (Å²) in [6, 6.07) is 8.39. The van der Waals surface area contributed by atoms with Crippen molar-refractivity contribution < 1.29 is 22.3 Å². The highest BCUT2D eigenvalue weighted by Gasteiger charge is 2.30. The molecule has 10 heteroatoms. The van der Waals surface area contributed by atoms with E-state index in [-0.39, 0.29) is 40.4 Å². The minimum atomic E-state index is -3.85. The zero-order valence-electron chi connectivity index (χ0n) is 15.9. The van der Waals surface area contributed by atoms with Crippen LogP contribution in [0, 0.1) is 5.82 Å². The minimum Gasteiger partial charge on any atom is -0.379 e. The molecule has 0 radical (unpaired) electrons. The number of thioether (sulfide) groups is 1. The molecule has 2 aromatic rings. The number of morpholine rings is 1. The first-order valence-electron chi connectivity index (χ1n) is 9.47. The predicted octanol–water partition coefficient (Wildman–Crippen LogP) is 3.47. The molecule has 2 aromatic carbocycles. The van der Waals surface area contributed by atoms with Crippen molar-refractivity contribution in [3.63, 3.8) is 0 Å². The van der Waals surface area contributed by atoms with Crippen molar-refractivity contribution in [2.24, 2.45) is 0 Å². The van der Waals surface area contributed by atoms with Gasteiger partial charge in [0.25, 0.3) is 5.91 Å². The maximum Gasteiger partial charge on any atom is 0.251 e. The van der Waals surface area contributed by atoms with E-state index >= 15 is 0 Å². The van der Waals surface area contributed by atoms with Gasteiger partial charge in [0.15, 0.2) is 0 Å². The first-order valence-corrected chi connectivity index (χ1v) is 12.3. The Morgan fingerprint density at radius 1 is 1.20 bits per heavy atom. The first-order chi connectivity index (χ1) is 14.4.